The number of aromatic amines is 1. The fourth-order valence-electron chi connectivity index (χ4n) is 5.64. The molecule has 2 N–H and O–H groups in total. The summed E-state index contributed by atoms with van der Waals surface area (Å²) in [6, 6.07) is 1.34. The first kappa shape index (κ1) is 23.1. The van der Waals surface area contributed by atoms with Gasteiger partial charge in [0, 0.05) is 29.9 Å². The van der Waals surface area contributed by atoms with Gasteiger partial charge in [-0.3, -0.25) is 10.1 Å². The fraction of sp³-hybridized carbons (Fsp3) is 0.542. The average Bonchev–Trinajstić information content (AvgIpc) is 3.24. The van der Waals surface area contributed by atoms with E-state index in [1.54, 1.807) is 11.0 Å². The molecule has 0 unspecified atom stereocenters. The molecule has 3 aromatic heterocycles. The number of amides is 2. The molecule has 5 heterocycles. The maximum absolute atomic E-state index is 14.1. The van der Waals surface area contributed by atoms with Gasteiger partial charge in [0.25, 0.3) is 0 Å². The normalized spacial score (nSPS) is 20.6. The van der Waals surface area contributed by atoms with Gasteiger partial charge in [0.05, 0.1) is 41.9 Å². The molecule has 12 heteroatoms. The monoisotopic (exact) mass is 505 g/mol. The molecule has 8 nitrogen and oxygen atoms in total. The Bertz CT molecular complexity index is 1320. The number of nitrogens with zero attached hydrogens (tertiary/aromatic N) is 5. The number of aromatic nitrogens is 4. The first-order valence-corrected chi connectivity index (χ1v) is 12.2. The predicted molar refractivity (Wildman–Crippen MR) is 127 cm³/mol. The first-order chi connectivity index (χ1) is 17.0. The summed E-state index contributed by atoms with van der Waals surface area (Å²) >= 11 is 0. The molecule has 2 amide bonds. The van der Waals surface area contributed by atoms with E-state index in [0.29, 0.717) is 40.2 Å². The lowest BCUT2D eigenvalue weighted by Crippen LogP contribution is -2.57. The van der Waals surface area contributed by atoms with Crippen molar-refractivity contribution in [2.75, 3.05) is 29.9 Å². The zero-order valence-corrected chi connectivity index (χ0v) is 19.8. The third-order valence-electron chi connectivity index (χ3n) is 7.53. The van der Waals surface area contributed by atoms with Crippen molar-refractivity contribution in [3.63, 3.8) is 0 Å². The Kier molecular flexibility index (Phi) is 5.03. The van der Waals surface area contributed by atoms with E-state index in [1.807, 2.05) is 4.90 Å². The lowest BCUT2D eigenvalue weighted by atomic mass is 9.98. The van der Waals surface area contributed by atoms with Crippen molar-refractivity contribution in [1.82, 2.24) is 24.6 Å². The minimum Gasteiger partial charge on any atom is -0.363 e. The maximum atomic E-state index is 14.1. The second-order valence-corrected chi connectivity index (χ2v) is 10.5. The van der Waals surface area contributed by atoms with Crippen molar-refractivity contribution in [1.29, 1.82) is 0 Å². The van der Waals surface area contributed by atoms with Gasteiger partial charge in [0.2, 0.25) is 0 Å². The number of carbonyl (C=O) groups is 1. The Morgan fingerprint density at radius 2 is 1.97 bits per heavy atom. The van der Waals surface area contributed by atoms with Gasteiger partial charge in [-0.05, 0) is 45.1 Å². The van der Waals surface area contributed by atoms with Crippen molar-refractivity contribution < 1.29 is 22.4 Å². The largest absolute Gasteiger partial charge is 0.406 e. The van der Waals surface area contributed by atoms with Gasteiger partial charge in [-0.1, -0.05) is 0 Å². The van der Waals surface area contributed by atoms with Gasteiger partial charge in [-0.15, -0.1) is 0 Å². The number of pyridine rings is 1. The highest BCUT2D eigenvalue weighted by Crippen LogP contribution is 2.48. The summed E-state index contributed by atoms with van der Waals surface area (Å²) < 4.78 is 55.3. The number of hydrogen-bond donors (Lipinski definition) is 2. The number of nitrogens with one attached hydrogen (secondary N) is 2. The average molecular weight is 506 g/mol. The van der Waals surface area contributed by atoms with Crippen molar-refractivity contribution in [3.05, 3.63) is 24.7 Å². The Labute approximate surface area is 204 Å². The van der Waals surface area contributed by atoms with Crippen LogP contribution >= 0.6 is 0 Å². The summed E-state index contributed by atoms with van der Waals surface area (Å²) in [5.41, 5.74) is 0.600. The van der Waals surface area contributed by atoms with Crippen LogP contribution in [0.3, 0.4) is 0 Å². The first-order valence-electron chi connectivity index (χ1n) is 12.2. The summed E-state index contributed by atoms with van der Waals surface area (Å²) in [5, 5.41) is 10.3. The molecule has 2 saturated heterocycles. The van der Waals surface area contributed by atoms with Gasteiger partial charge < -0.3 is 19.7 Å². The third-order valence-corrected chi connectivity index (χ3v) is 7.53. The minimum atomic E-state index is -4.43. The second kappa shape index (κ2) is 7.84. The molecular weight excluding hydrogens is 478 g/mol. The van der Waals surface area contributed by atoms with Crippen molar-refractivity contribution in [3.8, 4) is 11.4 Å². The quantitative estimate of drug-likeness (QED) is 0.484. The molecular formula is C24H27F4N7O. The van der Waals surface area contributed by atoms with Gasteiger partial charge in [0.15, 0.2) is 0 Å². The number of rotatable bonds is 4. The third kappa shape index (κ3) is 4.05. The SMILES string of the molecule is CC1(F)CN(c2cn(CC(F)(F)F)c3cc(-c4[nH]ncc4NC(=O)N4CCCCC45CC5)ncc23)C1. The Hall–Kier alpha value is -3.31. The molecule has 0 atom stereocenters. The van der Waals surface area contributed by atoms with Gasteiger partial charge in [-0.25, -0.2) is 9.18 Å². The van der Waals surface area contributed by atoms with E-state index in [1.165, 1.54) is 25.5 Å². The summed E-state index contributed by atoms with van der Waals surface area (Å²) in [4.78, 5) is 21.2. The van der Waals surface area contributed by atoms with Crippen LogP contribution in [-0.2, 0) is 6.54 Å². The zero-order chi connectivity index (χ0) is 25.3. The molecule has 192 valence electrons. The van der Waals surface area contributed by atoms with Crippen LogP contribution in [0, 0.1) is 0 Å². The van der Waals surface area contributed by atoms with Crippen LogP contribution < -0.4 is 10.2 Å². The van der Waals surface area contributed by atoms with E-state index < -0.39 is 18.4 Å². The van der Waals surface area contributed by atoms with Crippen molar-refractivity contribution in [2.24, 2.45) is 0 Å². The van der Waals surface area contributed by atoms with E-state index in [0.717, 1.165) is 36.7 Å². The van der Waals surface area contributed by atoms with E-state index in [9.17, 15) is 22.4 Å². The predicted octanol–water partition coefficient (Wildman–Crippen LogP) is 5.09. The zero-order valence-electron chi connectivity index (χ0n) is 19.8. The minimum absolute atomic E-state index is 0.0369. The van der Waals surface area contributed by atoms with Crippen LogP contribution in [0.4, 0.5) is 33.7 Å². The Morgan fingerprint density at radius 1 is 1.19 bits per heavy atom. The summed E-state index contributed by atoms with van der Waals surface area (Å²) in [5.74, 6) is 0. The number of anilines is 2. The topological polar surface area (TPSA) is 82.1 Å². The van der Waals surface area contributed by atoms with Gasteiger partial charge in [0.1, 0.15) is 17.9 Å². The van der Waals surface area contributed by atoms with Crippen molar-refractivity contribution >= 4 is 28.3 Å². The molecule has 0 bridgehead atoms. The van der Waals surface area contributed by atoms with Crippen LogP contribution in [0.1, 0.15) is 39.0 Å². The molecule has 1 saturated carbocycles. The van der Waals surface area contributed by atoms with Gasteiger partial charge >= 0.3 is 12.2 Å². The molecule has 3 aliphatic rings. The molecule has 0 radical (unpaired) electrons. The van der Waals surface area contributed by atoms with E-state index in [4.69, 9.17) is 0 Å². The summed E-state index contributed by atoms with van der Waals surface area (Å²) in [6.45, 7) is 1.20. The fourth-order valence-corrected chi connectivity index (χ4v) is 5.64. The van der Waals surface area contributed by atoms with E-state index in [-0.39, 0.29) is 24.7 Å². The number of alkyl halides is 4. The lowest BCUT2D eigenvalue weighted by molar-refractivity contribution is -0.139. The molecule has 3 fully saturated rings. The molecule has 36 heavy (non-hydrogen) atoms. The number of fused-ring (bicyclic) bond motifs is 1. The molecule has 1 aliphatic carbocycles. The van der Waals surface area contributed by atoms with Crippen LogP contribution in [0.25, 0.3) is 22.3 Å². The standard InChI is InChI=1S/C24H27F4N7O/c1-22(25)12-34(13-22)19-11-33(14-24(26,27)28)18-8-16(29-9-15(18)19)20-17(10-30-32-20)31-21(36)35-7-3-2-4-23(35)5-6-23/h8-11H,2-7,12-14H2,1H3,(H,30,32)(H,31,36). The number of likely N-dealkylation sites (tertiary alicyclic amines) is 1. The van der Waals surface area contributed by atoms with Gasteiger partial charge in [-0.2, -0.15) is 18.3 Å². The maximum Gasteiger partial charge on any atom is 0.406 e. The highest BCUT2D eigenvalue weighted by molar-refractivity contribution is 5.97. The number of H-pyrrole nitrogens is 1. The second-order valence-electron chi connectivity index (χ2n) is 10.5. The number of urea groups is 1. The van der Waals surface area contributed by atoms with Crippen molar-refractivity contribution in [2.45, 2.75) is 63.0 Å². The molecule has 3 aromatic rings. The number of hydrogen-bond acceptors (Lipinski definition) is 4. The Balaban J connectivity index is 1.32. The van der Waals surface area contributed by atoms with E-state index in [2.05, 4.69) is 20.5 Å². The number of halogens is 4. The highest BCUT2D eigenvalue weighted by Gasteiger charge is 2.51. The van der Waals surface area contributed by atoms with Crippen LogP contribution in [0.5, 0.6) is 0 Å². The summed E-state index contributed by atoms with van der Waals surface area (Å²) in [6.07, 6.45) is 5.05. The molecule has 1 spiro atoms. The smallest absolute Gasteiger partial charge is 0.363 e. The highest BCUT2D eigenvalue weighted by atomic mass is 19.4. The summed E-state index contributed by atoms with van der Waals surface area (Å²) in [7, 11) is 0. The van der Waals surface area contributed by atoms with Crippen LogP contribution in [0.2, 0.25) is 0 Å². The molecule has 6 rings (SSSR count). The molecule has 0 aromatic carbocycles. The lowest BCUT2D eigenvalue weighted by Gasteiger charge is -2.43. The number of carbonyl (C=O) groups excluding carboxylic acids is 1. The van der Waals surface area contributed by atoms with E-state index >= 15 is 0 Å². The van der Waals surface area contributed by atoms with Crippen LogP contribution in [-0.4, -0.2) is 67.7 Å². The molecule has 2 aliphatic heterocycles. The number of piperidine rings is 1. The van der Waals surface area contributed by atoms with Crippen LogP contribution in [0.15, 0.2) is 24.7 Å². The Morgan fingerprint density at radius 3 is 2.67 bits per heavy atom.